The van der Waals surface area contributed by atoms with Crippen LogP contribution in [0.1, 0.15) is 36.8 Å². The van der Waals surface area contributed by atoms with E-state index >= 15 is 0 Å². The molecule has 0 saturated carbocycles. The molecule has 216 valence electrons. The number of carbonyl (C=O) groups is 6. The van der Waals surface area contributed by atoms with E-state index in [9.17, 15) is 28.8 Å². The molecule has 1 unspecified atom stereocenters. The van der Waals surface area contributed by atoms with Crippen LogP contribution in [0.15, 0.2) is 60.7 Å². The third-order valence-electron chi connectivity index (χ3n) is 7.48. The molecular formula is C30H35N5O6. The molecule has 2 aromatic rings. The molecule has 2 saturated heterocycles. The second-order valence-corrected chi connectivity index (χ2v) is 10.4. The summed E-state index contributed by atoms with van der Waals surface area (Å²) >= 11 is 0. The van der Waals surface area contributed by atoms with Gasteiger partial charge in [0.05, 0.1) is 0 Å². The van der Waals surface area contributed by atoms with Crippen molar-refractivity contribution in [3.63, 3.8) is 0 Å². The van der Waals surface area contributed by atoms with E-state index in [0.717, 1.165) is 11.1 Å². The molecule has 2 aliphatic heterocycles. The minimum absolute atomic E-state index is 0.0695. The summed E-state index contributed by atoms with van der Waals surface area (Å²) in [5, 5.41) is 5.48. The summed E-state index contributed by atoms with van der Waals surface area (Å²) in [6, 6.07) is 14.7. The number of ketones is 2. The fourth-order valence-electron chi connectivity index (χ4n) is 5.25. The van der Waals surface area contributed by atoms with Gasteiger partial charge in [-0.2, -0.15) is 0 Å². The third kappa shape index (κ3) is 7.77. The summed E-state index contributed by atoms with van der Waals surface area (Å²) in [6.07, 6.45) is 1.73. The van der Waals surface area contributed by atoms with Crippen molar-refractivity contribution >= 4 is 35.3 Å². The zero-order valence-corrected chi connectivity index (χ0v) is 22.8. The van der Waals surface area contributed by atoms with Crippen LogP contribution in [0.5, 0.6) is 0 Å². The van der Waals surface area contributed by atoms with E-state index in [1.807, 2.05) is 36.4 Å². The van der Waals surface area contributed by atoms with Gasteiger partial charge in [0.2, 0.25) is 17.6 Å². The second kappa shape index (κ2) is 13.7. The van der Waals surface area contributed by atoms with E-state index in [4.69, 9.17) is 5.73 Å². The number of piperidine rings is 1. The molecule has 0 spiro atoms. The van der Waals surface area contributed by atoms with Crippen LogP contribution in [0.25, 0.3) is 0 Å². The number of nitrogens with two attached hydrogens (primary N) is 1. The van der Waals surface area contributed by atoms with E-state index < -0.39 is 47.7 Å². The largest absolute Gasteiger partial charge is 0.363 e. The van der Waals surface area contributed by atoms with Gasteiger partial charge in [0.25, 0.3) is 5.91 Å². The number of urea groups is 1. The van der Waals surface area contributed by atoms with Crippen LogP contribution in [0.3, 0.4) is 0 Å². The average molecular weight is 562 g/mol. The number of hydrogen-bond acceptors (Lipinski definition) is 6. The Labute approximate surface area is 238 Å². The molecule has 2 fully saturated rings. The molecule has 5 amide bonds. The number of carbonyl (C=O) groups excluding carboxylic acids is 6. The van der Waals surface area contributed by atoms with E-state index in [0.29, 0.717) is 19.4 Å². The van der Waals surface area contributed by atoms with Crippen LogP contribution < -0.4 is 16.4 Å². The van der Waals surface area contributed by atoms with Crippen LogP contribution in [0.4, 0.5) is 4.79 Å². The Kier molecular flexibility index (Phi) is 9.83. The molecule has 41 heavy (non-hydrogen) atoms. The molecule has 2 heterocycles. The van der Waals surface area contributed by atoms with Gasteiger partial charge in [0.15, 0.2) is 0 Å². The number of amides is 5. The molecule has 0 bridgehead atoms. The minimum atomic E-state index is -1.18. The Morgan fingerprint density at radius 1 is 0.805 bits per heavy atom. The predicted molar refractivity (Wildman–Crippen MR) is 149 cm³/mol. The van der Waals surface area contributed by atoms with Crippen LogP contribution in [0.2, 0.25) is 0 Å². The average Bonchev–Trinajstić information content (AvgIpc) is 3.47. The lowest BCUT2D eigenvalue weighted by molar-refractivity contribution is -0.142. The standard InChI is InChI=1S/C30H35N5O6/c31-27(38)26(37)23(18-20-8-3-1-4-9-20)32-28(39)25-12-7-15-35(25)29(40)24(19-21-10-5-2-6-11-21)33-30(41)34-16-13-22(36)14-17-34/h1-6,8-11,23-25H,7,12-19H2,(H2,31,38)(H,32,39)(H,33,41)/t23?,24-,25-/m0/s1. The van der Waals surface area contributed by atoms with Crippen LogP contribution in [-0.4, -0.2) is 82.9 Å². The lowest BCUT2D eigenvalue weighted by atomic mass is 10.0. The minimum Gasteiger partial charge on any atom is -0.363 e. The molecule has 2 aromatic carbocycles. The van der Waals surface area contributed by atoms with Crippen LogP contribution in [-0.2, 0) is 36.8 Å². The third-order valence-corrected chi connectivity index (χ3v) is 7.48. The maximum atomic E-state index is 13.9. The first-order valence-corrected chi connectivity index (χ1v) is 13.8. The topological polar surface area (TPSA) is 159 Å². The second-order valence-electron chi connectivity index (χ2n) is 10.4. The zero-order chi connectivity index (χ0) is 29.4. The number of likely N-dealkylation sites (tertiary alicyclic amines) is 2. The number of primary amides is 1. The number of Topliss-reactive ketones (excluding diaryl/α,β-unsaturated/α-hetero) is 2. The fourth-order valence-corrected chi connectivity index (χ4v) is 5.25. The number of hydrogen-bond donors (Lipinski definition) is 3. The van der Waals surface area contributed by atoms with Crippen molar-refractivity contribution in [1.82, 2.24) is 20.4 Å². The Hall–Kier alpha value is -4.54. The van der Waals surface area contributed by atoms with Crippen molar-refractivity contribution in [3.8, 4) is 0 Å². The highest BCUT2D eigenvalue weighted by molar-refractivity contribution is 6.38. The molecule has 3 atom stereocenters. The quantitative estimate of drug-likeness (QED) is 0.363. The van der Waals surface area contributed by atoms with Crippen molar-refractivity contribution in [2.45, 2.75) is 56.7 Å². The maximum absolute atomic E-state index is 13.9. The van der Waals surface area contributed by atoms with Crippen molar-refractivity contribution in [2.24, 2.45) is 5.73 Å². The van der Waals surface area contributed by atoms with Gasteiger partial charge in [-0.15, -0.1) is 0 Å². The van der Waals surface area contributed by atoms with Crippen molar-refractivity contribution in [3.05, 3.63) is 71.8 Å². The fraction of sp³-hybridized carbons (Fsp3) is 0.400. The van der Waals surface area contributed by atoms with Gasteiger partial charge in [0, 0.05) is 45.3 Å². The molecule has 11 nitrogen and oxygen atoms in total. The van der Waals surface area contributed by atoms with Gasteiger partial charge in [-0.3, -0.25) is 24.0 Å². The number of benzene rings is 2. The predicted octanol–water partition coefficient (Wildman–Crippen LogP) is 0.745. The van der Waals surface area contributed by atoms with Crippen LogP contribution >= 0.6 is 0 Å². The SMILES string of the molecule is NC(=O)C(=O)C(Cc1ccccc1)NC(=O)[C@@H]1CCCN1C(=O)[C@H](Cc1ccccc1)NC(=O)N1CCC(=O)CC1. The Morgan fingerprint density at radius 3 is 1.93 bits per heavy atom. The summed E-state index contributed by atoms with van der Waals surface area (Å²) in [7, 11) is 0. The van der Waals surface area contributed by atoms with Crippen molar-refractivity contribution < 1.29 is 28.8 Å². The highest BCUT2D eigenvalue weighted by atomic mass is 16.2. The van der Waals surface area contributed by atoms with Gasteiger partial charge >= 0.3 is 6.03 Å². The molecule has 2 aliphatic rings. The Morgan fingerprint density at radius 2 is 1.37 bits per heavy atom. The summed E-state index contributed by atoms with van der Waals surface area (Å²) in [4.78, 5) is 79.2. The van der Waals surface area contributed by atoms with Crippen molar-refractivity contribution in [2.75, 3.05) is 19.6 Å². The molecule has 4 N–H and O–H groups in total. The van der Waals surface area contributed by atoms with E-state index in [1.54, 1.807) is 24.3 Å². The molecule has 0 aliphatic carbocycles. The maximum Gasteiger partial charge on any atom is 0.318 e. The normalized spacial score (nSPS) is 18.3. The number of nitrogens with zero attached hydrogens (tertiary/aromatic N) is 2. The lowest BCUT2D eigenvalue weighted by Gasteiger charge is -2.32. The first-order valence-electron chi connectivity index (χ1n) is 13.8. The van der Waals surface area contributed by atoms with E-state index in [1.165, 1.54) is 9.80 Å². The monoisotopic (exact) mass is 561 g/mol. The van der Waals surface area contributed by atoms with Gasteiger partial charge in [0.1, 0.15) is 23.9 Å². The van der Waals surface area contributed by atoms with Crippen molar-refractivity contribution in [1.29, 1.82) is 0 Å². The highest BCUT2D eigenvalue weighted by Gasteiger charge is 2.39. The smallest absolute Gasteiger partial charge is 0.318 e. The van der Waals surface area contributed by atoms with Gasteiger partial charge in [-0.1, -0.05) is 60.7 Å². The molecule has 0 radical (unpaired) electrons. The van der Waals surface area contributed by atoms with E-state index in [-0.39, 0.29) is 44.6 Å². The van der Waals surface area contributed by atoms with Gasteiger partial charge < -0.3 is 26.2 Å². The van der Waals surface area contributed by atoms with Gasteiger partial charge in [-0.25, -0.2) is 4.79 Å². The highest BCUT2D eigenvalue weighted by Crippen LogP contribution is 2.21. The first kappa shape index (κ1) is 29.4. The summed E-state index contributed by atoms with van der Waals surface area (Å²) in [5.74, 6) is -2.97. The van der Waals surface area contributed by atoms with E-state index in [2.05, 4.69) is 10.6 Å². The zero-order valence-electron chi connectivity index (χ0n) is 22.8. The molecule has 11 heteroatoms. The number of rotatable bonds is 10. The molecule has 4 rings (SSSR count). The number of nitrogens with one attached hydrogen (secondary N) is 2. The Balaban J connectivity index is 1.50. The lowest BCUT2D eigenvalue weighted by Crippen LogP contribution is -2.58. The molecular weight excluding hydrogens is 526 g/mol. The summed E-state index contributed by atoms with van der Waals surface area (Å²) in [6.45, 7) is 0.855. The summed E-state index contributed by atoms with van der Waals surface area (Å²) < 4.78 is 0. The van der Waals surface area contributed by atoms with Gasteiger partial charge in [-0.05, 0) is 24.0 Å². The summed E-state index contributed by atoms with van der Waals surface area (Å²) in [5.41, 5.74) is 6.82. The molecule has 0 aromatic heterocycles. The van der Waals surface area contributed by atoms with Crippen LogP contribution in [0, 0.1) is 0 Å². The first-order chi connectivity index (χ1) is 19.7. The Bertz CT molecular complexity index is 1270.